The maximum atomic E-state index is 11.6. The number of aryl methyl sites for hydroxylation is 1. The Labute approximate surface area is 84.4 Å². The topological polar surface area (TPSA) is 59.8 Å². The van der Waals surface area contributed by atoms with Crippen LogP contribution in [0.5, 0.6) is 0 Å². The lowest BCUT2D eigenvalue weighted by molar-refractivity contribution is 0.101. The lowest BCUT2D eigenvalue weighted by Crippen LogP contribution is -2.21. The van der Waals surface area contributed by atoms with Crippen molar-refractivity contribution >= 4 is 17.2 Å². The van der Waals surface area contributed by atoms with Crippen molar-refractivity contribution in [2.75, 3.05) is 5.43 Å². The first-order valence-electron chi connectivity index (χ1n) is 3.97. The Hall–Kier alpha value is -1.69. The molecule has 72 valence electrons. The van der Waals surface area contributed by atoms with Crippen LogP contribution < -0.4 is 5.43 Å². The fourth-order valence-corrected chi connectivity index (χ4v) is 1.85. The molecule has 0 aliphatic rings. The first-order valence-corrected chi connectivity index (χ1v) is 4.85. The molecule has 2 heterocycles. The van der Waals surface area contributed by atoms with Gasteiger partial charge in [0.15, 0.2) is 0 Å². The van der Waals surface area contributed by atoms with E-state index in [1.807, 2.05) is 18.4 Å². The number of aromatic nitrogens is 3. The highest BCUT2D eigenvalue weighted by Gasteiger charge is 2.09. The SMILES string of the molecule is Cc1ccsc1C(=O)Nn1cnnc1. The van der Waals surface area contributed by atoms with E-state index in [1.54, 1.807) is 0 Å². The molecule has 0 saturated heterocycles. The van der Waals surface area contributed by atoms with Gasteiger partial charge in [0, 0.05) is 0 Å². The summed E-state index contributed by atoms with van der Waals surface area (Å²) in [5.41, 5.74) is 3.60. The monoisotopic (exact) mass is 208 g/mol. The number of carbonyl (C=O) groups excluding carboxylic acids is 1. The molecule has 0 atom stereocenters. The van der Waals surface area contributed by atoms with E-state index in [0.29, 0.717) is 4.88 Å². The lowest BCUT2D eigenvalue weighted by Gasteiger charge is -2.02. The van der Waals surface area contributed by atoms with Crippen LogP contribution >= 0.6 is 11.3 Å². The van der Waals surface area contributed by atoms with Crippen LogP contribution in [0.2, 0.25) is 0 Å². The van der Waals surface area contributed by atoms with Gasteiger partial charge < -0.3 is 0 Å². The Morgan fingerprint density at radius 2 is 2.21 bits per heavy atom. The summed E-state index contributed by atoms with van der Waals surface area (Å²) in [7, 11) is 0. The van der Waals surface area contributed by atoms with Crippen molar-refractivity contribution in [3.8, 4) is 0 Å². The van der Waals surface area contributed by atoms with Gasteiger partial charge in [-0.15, -0.1) is 21.5 Å². The second-order valence-corrected chi connectivity index (χ2v) is 3.66. The number of hydrogen-bond donors (Lipinski definition) is 1. The smallest absolute Gasteiger partial charge is 0.266 e. The fraction of sp³-hybridized carbons (Fsp3) is 0.125. The number of rotatable bonds is 2. The van der Waals surface area contributed by atoms with E-state index in [9.17, 15) is 4.79 Å². The summed E-state index contributed by atoms with van der Waals surface area (Å²) < 4.78 is 1.42. The average molecular weight is 208 g/mol. The van der Waals surface area contributed by atoms with Crippen molar-refractivity contribution < 1.29 is 4.79 Å². The molecular weight excluding hydrogens is 200 g/mol. The number of amides is 1. The molecule has 14 heavy (non-hydrogen) atoms. The van der Waals surface area contributed by atoms with Gasteiger partial charge in [-0.25, -0.2) is 4.68 Å². The van der Waals surface area contributed by atoms with Gasteiger partial charge >= 0.3 is 0 Å². The molecule has 0 aliphatic heterocycles. The molecule has 0 spiro atoms. The predicted octanol–water partition coefficient (Wildman–Crippen LogP) is 1.03. The summed E-state index contributed by atoms with van der Waals surface area (Å²) in [6.45, 7) is 1.90. The highest BCUT2D eigenvalue weighted by Crippen LogP contribution is 2.15. The molecule has 1 amide bonds. The quantitative estimate of drug-likeness (QED) is 0.802. The Kier molecular flexibility index (Phi) is 2.28. The van der Waals surface area contributed by atoms with Crippen molar-refractivity contribution in [2.45, 2.75) is 6.92 Å². The summed E-state index contributed by atoms with van der Waals surface area (Å²) >= 11 is 1.41. The number of nitrogens with zero attached hydrogens (tertiary/aromatic N) is 3. The molecule has 0 unspecified atom stereocenters. The average Bonchev–Trinajstić information content (AvgIpc) is 2.75. The highest BCUT2D eigenvalue weighted by molar-refractivity contribution is 7.12. The standard InChI is InChI=1S/C8H8N4OS/c1-6-2-3-14-7(6)8(13)11-12-4-9-10-5-12/h2-5H,1H3,(H,11,13). The maximum Gasteiger partial charge on any atom is 0.280 e. The molecule has 2 aromatic rings. The van der Waals surface area contributed by atoms with Gasteiger partial charge in [0.25, 0.3) is 5.91 Å². The molecule has 0 bridgehead atoms. The van der Waals surface area contributed by atoms with Crippen LogP contribution in [0.15, 0.2) is 24.1 Å². The van der Waals surface area contributed by atoms with Gasteiger partial charge in [-0.3, -0.25) is 10.2 Å². The van der Waals surface area contributed by atoms with Crippen LogP contribution in [-0.4, -0.2) is 20.8 Å². The number of hydrogen-bond acceptors (Lipinski definition) is 4. The third kappa shape index (κ3) is 1.64. The van der Waals surface area contributed by atoms with E-state index >= 15 is 0 Å². The van der Waals surface area contributed by atoms with Crippen molar-refractivity contribution in [3.63, 3.8) is 0 Å². The Bertz CT molecular complexity index is 434. The summed E-state index contributed by atoms with van der Waals surface area (Å²) in [5, 5.41) is 9.05. The molecule has 2 rings (SSSR count). The molecule has 1 N–H and O–H groups in total. The number of nitrogens with one attached hydrogen (secondary N) is 1. The van der Waals surface area contributed by atoms with E-state index in [-0.39, 0.29) is 5.91 Å². The van der Waals surface area contributed by atoms with Crippen molar-refractivity contribution in [1.29, 1.82) is 0 Å². The lowest BCUT2D eigenvalue weighted by atomic mass is 10.3. The maximum absolute atomic E-state index is 11.6. The van der Waals surface area contributed by atoms with Gasteiger partial charge in [0.2, 0.25) is 0 Å². The zero-order chi connectivity index (χ0) is 9.97. The molecule has 0 fully saturated rings. The summed E-state index contributed by atoms with van der Waals surface area (Å²) in [5.74, 6) is -0.141. The molecule has 6 heteroatoms. The summed E-state index contributed by atoms with van der Waals surface area (Å²) in [6, 6.07) is 1.91. The van der Waals surface area contributed by atoms with E-state index in [0.717, 1.165) is 5.56 Å². The third-order valence-corrected chi connectivity index (χ3v) is 2.73. The van der Waals surface area contributed by atoms with Crippen LogP contribution in [0, 0.1) is 6.92 Å². The molecular formula is C8H8N4OS. The minimum absolute atomic E-state index is 0.141. The zero-order valence-corrected chi connectivity index (χ0v) is 8.28. The van der Waals surface area contributed by atoms with Crippen molar-refractivity contribution in [3.05, 3.63) is 34.5 Å². The van der Waals surface area contributed by atoms with Gasteiger partial charge in [0.05, 0.1) is 4.88 Å². The van der Waals surface area contributed by atoms with Crippen LogP contribution in [0.4, 0.5) is 0 Å². The number of thiophene rings is 1. The van der Waals surface area contributed by atoms with E-state index in [1.165, 1.54) is 28.7 Å². The molecule has 0 aromatic carbocycles. The first kappa shape index (κ1) is 8.89. The highest BCUT2D eigenvalue weighted by atomic mass is 32.1. The summed E-state index contributed by atoms with van der Waals surface area (Å²) in [6.07, 6.45) is 2.86. The van der Waals surface area contributed by atoms with Gasteiger partial charge in [-0.2, -0.15) is 0 Å². The molecule has 2 aromatic heterocycles. The number of carbonyl (C=O) groups is 1. The van der Waals surface area contributed by atoms with E-state index in [4.69, 9.17) is 0 Å². The Morgan fingerprint density at radius 1 is 1.50 bits per heavy atom. The Morgan fingerprint density at radius 3 is 2.79 bits per heavy atom. The van der Waals surface area contributed by atoms with Crippen LogP contribution in [0.25, 0.3) is 0 Å². The summed E-state index contributed by atoms with van der Waals surface area (Å²) in [4.78, 5) is 12.3. The second kappa shape index (κ2) is 3.59. The fourth-order valence-electron chi connectivity index (χ4n) is 1.03. The molecule has 0 saturated carbocycles. The minimum Gasteiger partial charge on any atom is -0.266 e. The second-order valence-electron chi connectivity index (χ2n) is 2.74. The molecule has 5 nitrogen and oxygen atoms in total. The first-order chi connectivity index (χ1) is 6.77. The predicted molar refractivity (Wildman–Crippen MR) is 52.8 cm³/mol. The van der Waals surface area contributed by atoms with Crippen molar-refractivity contribution in [2.24, 2.45) is 0 Å². The molecule has 0 radical (unpaired) electrons. The van der Waals surface area contributed by atoms with Crippen LogP contribution in [-0.2, 0) is 0 Å². The van der Waals surface area contributed by atoms with Crippen LogP contribution in [0.1, 0.15) is 15.2 Å². The van der Waals surface area contributed by atoms with E-state index in [2.05, 4.69) is 15.6 Å². The normalized spacial score (nSPS) is 10.1. The minimum atomic E-state index is -0.141. The van der Waals surface area contributed by atoms with Crippen LogP contribution in [0.3, 0.4) is 0 Å². The molecule has 0 aliphatic carbocycles. The van der Waals surface area contributed by atoms with E-state index < -0.39 is 0 Å². The third-order valence-electron chi connectivity index (χ3n) is 1.72. The van der Waals surface area contributed by atoms with Gasteiger partial charge in [-0.05, 0) is 23.9 Å². The van der Waals surface area contributed by atoms with Gasteiger partial charge in [-0.1, -0.05) is 0 Å². The van der Waals surface area contributed by atoms with Crippen molar-refractivity contribution in [1.82, 2.24) is 14.9 Å². The Balaban J connectivity index is 2.14. The van der Waals surface area contributed by atoms with Gasteiger partial charge in [0.1, 0.15) is 12.7 Å². The zero-order valence-electron chi connectivity index (χ0n) is 7.47. The largest absolute Gasteiger partial charge is 0.280 e.